The van der Waals surface area contributed by atoms with E-state index in [0.29, 0.717) is 31.7 Å². The van der Waals surface area contributed by atoms with Crippen molar-refractivity contribution in [1.82, 2.24) is 5.32 Å². The lowest BCUT2D eigenvalue weighted by atomic mass is 9.93. The smallest absolute Gasteiger partial charge is 0.258 e. The Hall–Kier alpha value is -3.48. The SMILES string of the molecule is O=CN1CCc2c(-c3cccc4c3CCN4C(=O)c3ccc(CNCCO)cc3)cccc21. The Morgan fingerprint density at radius 2 is 1.58 bits per heavy atom. The lowest BCUT2D eigenvalue weighted by Gasteiger charge is -2.19. The van der Waals surface area contributed by atoms with Crippen LogP contribution in [0.4, 0.5) is 11.4 Å². The van der Waals surface area contributed by atoms with Gasteiger partial charge in [0.25, 0.3) is 5.91 Å². The van der Waals surface area contributed by atoms with E-state index in [0.717, 1.165) is 47.3 Å². The van der Waals surface area contributed by atoms with Crippen LogP contribution in [-0.2, 0) is 24.2 Å². The summed E-state index contributed by atoms with van der Waals surface area (Å²) >= 11 is 0. The number of amides is 2. The molecule has 0 aliphatic carbocycles. The van der Waals surface area contributed by atoms with Crippen molar-refractivity contribution in [2.45, 2.75) is 19.4 Å². The van der Waals surface area contributed by atoms with Crippen molar-refractivity contribution in [3.05, 3.63) is 82.9 Å². The molecule has 0 atom stereocenters. The summed E-state index contributed by atoms with van der Waals surface area (Å²) in [6.07, 6.45) is 2.55. The summed E-state index contributed by atoms with van der Waals surface area (Å²) in [5.74, 6) is 0.00573. The second kappa shape index (κ2) is 9.17. The number of aliphatic hydroxyl groups is 1. The Bertz CT molecular complexity index is 1190. The number of hydrogen-bond donors (Lipinski definition) is 2. The van der Waals surface area contributed by atoms with Crippen molar-refractivity contribution in [2.24, 2.45) is 0 Å². The molecule has 0 fully saturated rings. The molecule has 6 nitrogen and oxygen atoms in total. The predicted molar refractivity (Wildman–Crippen MR) is 130 cm³/mol. The monoisotopic (exact) mass is 441 g/mol. The van der Waals surface area contributed by atoms with Gasteiger partial charge in [0.2, 0.25) is 6.41 Å². The number of anilines is 2. The fourth-order valence-electron chi connectivity index (χ4n) is 4.95. The lowest BCUT2D eigenvalue weighted by molar-refractivity contribution is -0.107. The zero-order chi connectivity index (χ0) is 22.8. The van der Waals surface area contributed by atoms with Gasteiger partial charge in [-0.3, -0.25) is 9.59 Å². The highest BCUT2D eigenvalue weighted by atomic mass is 16.3. The van der Waals surface area contributed by atoms with Gasteiger partial charge in [0.05, 0.1) is 6.61 Å². The summed E-state index contributed by atoms with van der Waals surface area (Å²) in [5.41, 5.74) is 8.39. The zero-order valence-corrected chi connectivity index (χ0v) is 18.5. The van der Waals surface area contributed by atoms with Crippen LogP contribution in [0.15, 0.2) is 60.7 Å². The van der Waals surface area contributed by atoms with Crippen LogP contribution in [0.25, 0.3) is 11.1 Å². The number of fused-ring (bicyclic) bond motifs is 2. The molecule has 2 aliphatic rings. The maximum Gasteiger partial charge on any atom is 0.258 e. The van der Waals surface area contributed by atoms with Gasteiger partial charge in [0, 0.05) is 43.1 Å². The lowest BCUT2D eigenvalue weighted by Crippen LogP contribution is -2.28. The van der Waals surface area contributed by atoms with Crippen LogP contribution in [0.1, 0.15) is 27.0 Å². The fourth-order valence-corrected chi connectivity index (χ4v) is 4.95. The third-order valence-electron chi connectivity index (χ3n) is 6.57. The Morgan fingerprint density at radius 1 is 0.909 bits per heavy atom. The molecule has 6 heteroatoms. The Labute approximate surface area is 193 Å². The Balaban J connectivity index is 1.42. The number of carbonyl (C=O) groups excluding carboxylic acids is 2. The molecule has 0 bridgehead atoms. The van der Waals surface area contributed by atoms with Gasteiger partial charge in [-0.05, 0) is 64.9 Å². The van der Waals surface area contributed by atoms with Gasteiger partial charge in [-0.25, -0.2) is 0 Å². The highest BCUT2D eigenvalue weighted by molar-refractivity contribution is 6.08. The maximum atomic E-state index is 13.3. The fraction of sp³-hybridized carbons (Fsp3) is 0.259. The van der Waals surface area contributed by atoms with Crippen molar-refractivity contribution >= 4 is 23.7 Å². The van der Waals surface area contributed by atoms with Crippen LogP contribution in [0.3, 0.4) is 0 Å². The molecule has 0 radical (unpaired) electrons. The minimum Gasteiger partial charge on any atom is -0.395 e. The van der Waals surface area contributed by atoms with E-state index >= 15 is 0 Å². The average molecular weight is 442 g/mol. The molecule has 2 amide bonds. The number of rotatable bonds is 7. The summed E-state index contributed by atoms with van der Waals surface area (Å²) in [7, 11) is 0. The second-order valence-electron chi connectivity index (χ2n) is 8.46. The minimum atomic E-state index is 0.00573. The molecular formula is C27H27N3O3. The summed E-state index contributed by atoms with van der Waals surface area (Å²) in [5, 5.41) is 12.0. The molecule has 0 spiro atoms. The van der Waals surface area contributed by atoms with E-state index in [2.05, 4.69) is 17.4 Å². The van der Waals surface area contributed by atoms with Gasteiger partial charge in [0.15, 0.2) is 0 Å². The van der Waals surface area contributed by atoms with E-state index in [1.54, 1.807) is 4.90 Å². The first-order valence-corrected chi connectivity index (χ1v) is 11.4. The summed E-state index contributed by atoms with van der Waals surface area (Å²) < 4.78 is 0. The summed E-state index contributed by atoms with van der Waals surface area (Å²) in [4.78, 5) is 28.4. The van der Waals surface area contributed by atoms with Crippen LogP contribution >= 0.6 is 0 Å². The van der Waals surface area contributed by atoms with Crippen molar-refractivity contribution in [3.63, 3.8) is 0 Å². The Kier molecular flexibility index (Phi) is 5.94. The first kappa shape index (κ1) is 21.4. The minimum absolute atomic E-state index is 0.00573. The quantitative estimate of drug-likeness (QED) is 0.436. The van der Waals surface area contributed by atoms with Gasteiger partial charge < -0.3 is 20.2 Å². The molecule has 3 aromatic rings. The highest BCUT2D eigenvalue weighted by Crippen LogP contribution is 2.41. The van der Waals surface area contributed by atoms with Crippen LogP contribution in [0.2, 0.25) is 0 Å². The molecule has 0 unspecified atom stereocenters. The van der Waals surface area contributed by atoms with E-state index < -0.39 is 0 Å². The molecule has 168 valence electrons. The standard InChI is InChI=1S/C27H27N3O3/c31-16-13-28-17-19-7-9-20(10-8-19)27(33)30-15-12-24-22(4-2-6-26(24)30)21-3-1-5-25-23(21)11-14-29(25)18-32/h1-10,18,28,31H,11-17H2. The first-order valence-electron chi connectivity index (χ1n) is 11.4. The van der Waals surface area contributed by atoms with Crippen molar-refractivity contribution in [2.75, 3.05) is 36.0 Å². The normalized spacial score (nSPS) is 14.3. The molecular weight excluding hydrogens is 414 g/mol. The molecule has 2 N–H and O–H groups in total. The van der Waals surface area contributed by atoms with Crippen LogP contribution in [0.5, 0.6) is 0 Å². The number of nitrogens with one attached hydrogen (secondary N) is 1. The van der Waals surface area contributed by atoms with Crippen LogP contribution in [0, 0.1) is 0 Å². The highest BCUT2D eigenvalue weighted by Gasteiger charge is 2.29. The predicted octanol–water partition coefficient (Wildman–Crippen LogP) is 3.16. The van der Waals surface area contributed by atoms with Crippen molar-refractivity contribution in [1.29, 1.82) is 0 Å². The van der Waals surface area contributed by atoms with Gasteiger partial charge in [-0.2, -0.15) is 0 Å². The molecule has 0 aromatic heterocycles. The molecule has 0 saturated heterocycles. The van der Waals surface area contributed by atoms with E-state index in [4.69, 9.17) is 5.11 Å². The third-order valence-corrected chi connectivity index (χ3v) is 6.57. The van der Waals surface area contributed by atoms with E-state index in [1.165, 1.54) is 11.1 Å². The molecule has 2 heterocycles. The summed E-state index contributed by atoms with van der Waals surface area (Å²) in [6, 6.07) is 20.0. The van der Waals surface area contributed by atoms with Crippen molar-refractivity contribution in [3.8, 4) is 11.1 Å². The van der Waals surface area contributed by atoms with E-state index in [-0.39, 0.29) is 12.5 Å². The molecule has 33 heavy (non-hydrogen) atoms. The molecule has 2 aliphatic heterocycles. The molecule has 3 aromatic carbocycles. The number of carbonyl (C=O) groups is 2. The second-order valence-corrected chi connectivity index (χ2v) is 8.46. The largest absolute Gasteiger partial charge is 0.395 e. The van der Waals surface area contributed by atoms with E-state index in [9.17, 15) is 9.59 Å². The average Bonchev–Trinajstić information content (AvgIpc) is 3.48. The van der Waals surface area contributed by atoms with Crippen LogP contribution < -0.4 is 15.1 Å². The van der Waals surface area contributed by atoms with Crippen LogP contribution in [-0.4, -0.2) is 43.7 Å². The summed E-state index contributed by atoms with van der Waals surface area (Å²) in [6.45, 7) is 2.68. The maximum absolute atomic E-state index is 13.3. The number of nitrogens with zero attached hydrogens (tertiary/aromatic N) is 2. The number of aliphatic hydroxyl groups excluding tert-OH is 1. The first-order chi connectivity index (χ1) is 16.2. The molecule has 5 rings (SSSR count). The molecule has 0 saturated carbocycles. The number of benzene rings is 3. The van der Waals surface area contributed by atoms with Gasteiger partial charge in [-0.15, -0.1) is 0 Å². The number of hydrogen-bond acceptors (Lipinski definition) is 4. The van der Waals surface area contributed by atoms with Crippen molar-refractivity contribution < 1.29 is 14.7 Å². The third kappa shape index (κ3) is 3.92. The Morgan fingerprint density at radius 3 is 2.27 bits per heavy atom. The zero-order valence-electron chi connectivity index (χ0n) is 18.5. The van der Waals surface area contributed by atoms with E-state index in [1.807, 2.05) is 53.4 Å². The van der Waals surface area contributed by atoms with Gasteiger partial charge in [0.1, 0.15) is 0 Å². The topological polar surface area (TPSA) is 72.9 Å². The van der Waals surface area contributed by atoms with Gasteiger partial charge in [-0.1, -0.05) is 36.4 Å². The van der Waals surface area contributed by atoms with Gasteiger partial charge >= 0.3 is 0 Å².